The number of carbonyl (C=O) groups excluding carboxylic acids is 1. The van der Waals surface area contributed by atoms with Crippen LogP contribution < -0.4 is 4.74 Å². The number of amides is 1. The van der Waals surface area contributed by atoms with E-state index in [-0.39, 0.29) is 11.9 Å². The monoisotopic (exact) mass is 365 g/mol. The molecule has 0 aliphatic carbocycles. The first-order chi connectivity index (χ1) is 13.1. The van der Waals surface area contributed by atoms with E-state index in [4.69, 9.17) is 4.74 Å². The molecule has 1 saturated heterocycles. The second-order valence-corrected chi connectivity index (χ2v) is 6.98. The first kappa shape index (κ1) is 17.5. The lowest BCUT2D eigenvalue weighted by Crippen LogP contribution is -2.39. The van der Waals surface area contributed by atoms with Gasteiger partial charge in [-0.25, -0.2) is 4.98 Å². The average Bonchev–Trinajstić information content (AvgIpc) is 3.11. The fourth-order valence-electron chi connectivity index (χ4n) is 3.87. The molecule has 1 atom stereocenters. The molecule has 1 aliphatic rings. The lowest BCUT2D eigenvalue weighted by molar-refractivity contribution is 0.0596. The molecular formula is C20H23N5O2. The number of piperidine rings is 1. The van der Waals surface area contributed by atoms with E-state index in [9.17, 15) is 4.79 Å². The predicted octanol–water partition coefficient (Wildman–Crippen LogP) is 3.12. The largest absolute Gasteiger partial charge is 0.497 e. The highest BCUT2D eigenvalue weighted by Gasteiger charge is 2.32. The zero-order valence-electron chi connectivity index (χ0n) is 15.8. The number of benzene rings is 1. The van der Waals surface area contributed by atoms with Crippen LogP contribution in [0.5, 0.6) is 5.75 Å². The average molecular weight is 365 g/mol. The van der Waals surface area contributed by atoms with Crippen LogP contribution in [0.4, 0.5) is 0 Å². The van der Waals surface area contributed by atoms with Crippen LogP contribution >= 0.6 is 0 Å². The molecule has 0 unspecified atom stereocenters. The summed E-state index contributed by atoms with van der Waals surface area (Å²) in [4.78, 5) is 19.7. The van der Waals surface area contributed by atoms with Crippen molar-refractivity contribution in [2.75, 3.05) is 13.7 Å². The molecule has 0 N–H and O–H groups in total. The second kappa shape index (κ2) is 6.98. The van der Waals surface area contributed by atoms with E-state index < -0.39 is 0 Å². The number of hydrogen-bond donors (Lipinski definition) is 0. The number of nitrogens with zero attached hydrogens (tertiary/aromatic N) is 5. The summed E-state index contributed by atoms with van der Waals surface area (Å²) in [5, 5.41) is 8.28. The summed E-state index contributed by atoms with van der Waals surface area (Å²) >= 11 is 0. The Bertz CT molecular complexity index is 997. The highest BCUT2D eigenvalue weighted by Crippen LogP contribution is 2.33. The molecule has 0 saturated carbocycles. The number of fused-ring (bicyclic) bond motifs is 1. The number of aromatic nitrogens is 4. The standard InChI is InChI=1S/C20H23N5O2/c1-13-11-14(2)25-18(22-23-20(25)21-13)19(26)24-10-5-4-9-17(24)15-7-6-8-16(12-15)27-3/h6-8,11-12,17H,4-5,9-10H2,1-3H3/t17-/m1/s1. The Morgan fingerprint density at radius 2 is 2.04 bits per heavy atom. The third-order valence-corrected chi connectivity index (χ3v) is 5.13. The molecule has 0 spiro atoms. The molecule has 1 fully saturated rings. The highest BCUT2D eigenvalue weighted by molar-refractivity contribution is 5.91. The van der Waals surface area contributed by atoms with Crippen LogP contribution in [0, 0.1) is 13.8 Å². The summed E-state index contributed by atoms with van der Waals surface area (Å²) < 4.78 is 7.10. The molecule has 7 heteroatoms. The number of hydrogen-bond acceptors (Lipinski definition) is 5. The van der Waals surface area contributed by atoms with E-state index in [0.29, 0.717) is 18.1 Å². The molecule has 0 bridgehead atoms. The summed E-state index contributed by atoms with van der Waals surface area (Å²) in [5.41, 5.74) is 2.85. The Morgan fingerprint density at radius 1 is 1.19 bits per heavy atom. The third kappa shape index (κ3) is 3.13. The van der Waals surface area contributed by atoms with Crippen molar-refractivity contribution in [2.24, 2.45) is 0 Å². The minimum Gasteiger partial charge on any atom is -0.497 e. The van der Waals surface area contributed by atoms with Gasteiger partial charge in [-0.1, -0.05) is 12.1 Å². The van der Waals surface area contributed by atoms with Gasteiger partial charge in [0.2, 0.25) is 5.82 Å². The van der Waals surface area contributed by atoms with Gasteiger partial charge in [0.05, 0.1) is 13.2 Å². The van der Waals surface area contributed by atoms with E-state index in [2.05, 4.69) is 21.2 Å². The zero-order chi connectivity index (χ0) is 19.0. The van der Waals surface area contributed by atoms with E-state index in [1.165, 1.54) is 0 Å². The molecule has 1 aliphatic heterocycles. The van der Waals surface area contributed by atoms with Crippen LogP contribution in [0.3, 0.4) is 0 Å². The summed E-state index contributed by atoms with van der Waals surface area (Å²) in [6.07, 6.45) is 3.00. The fourth-order valence-corrected chi connectivity index (χ4v) is 3.87. The Kier molecular flexibility index (Phi) is 4.51. The van der Waals surface area contributed by atoms with Crippen LogP contribution in [0.2, 0.25) is 0 Å². The van der Waals surface area contributed by atoms with Crippen molar-refractivity contribution in [1.82, 2.24) is 24.5 Å². The minimum absolute atomic E-state index is 0.00686. The number of rotatable bonds is 3. The maximum Gasteiger partial charge on any atom is 0.292 e. The van der Waals surface area contributed by atoms with Crippen molar-refractivity contribution < 1.29 is 9.53 Å². The van der Waals surface area contributed by atoms with Gasteiger partial charge in [-0.05, 0) is 56.9 Å². The third-order valence-electron chi connectivity index (χ3n) is 5.13. The molecule has 1 aromatic carbocycles. The summed E-state index contributed by atoms with van der Waals surface area (Å²) in [6, 6.07) is 9.89. The molecular weight excluding hydrogens is 342 g/mol. The molecule has 27 heavy (non-hydrogen) atoms. The molecule has 0 radical (unpaired) electrons. The predicted molar refractivity (Wildman–Crippen MR) is 101 cm³/mol. The second-order valence-electron chi connectivity index (χ2n) is 6.98. The number of methoxy groups -OCH3 is 1. The van der Waals surface area contributed by atoms with Gasteiger partial charge in [-0.2, -0.15) is 0 Å². The van der Waals surface area contributed by atoms with E-state index in [0.717, 1.165) is 42.0 Å². The lowest BCUT2D eigenvalue weighted by Gasteiger charge is -2.35. The van der Waals surface area contributed by atoms with Crippen molar-refractivity contribution in [2.45, 2.75) is 39.2 Å². The first-order valence-electron chi connectivity index (χ1n) is 9.23. The number of ether oxygens (including phenoxy) is 1. The lowest BCUT2D eigenvalue weighted by atomic mass is 9.95. The zero-order valence-corrected chi connectivity index (χ0v) is 15.8. The molecule has 3 aromatic rings. The Balaban J connectivity index is 1.73. The SMILES string of the molecule is COc1cccc([C@H]2CCCCN2C(=O)c2nnc3nc(C)cc(C)n23)c1. The summed E-state index contributed by atoms with van der Waals surface area (Å²) in [7, 11) is 1.66. The van der Waals surface area contributed by atoms with Crippen LogP contribution in [0.15, 0.2) is 30.3 Å². The van der Waals surface area contributed by atoms with Gasteiger partial charge in [0.15, 0.2) is 0 Å². The molecule has 4 rings (SSSR count). The minimum atomic E-state index is -0.108. The Labute approximate surface area is 158 Å². The molecule has 140 valence electrons. The van der Waals surface area contributed by atoms with Gasteiger partial charge in [0.1, 0.15) is 5.75 Å². The first-order valence-corrected chi connectivity index (χ1v) is 9.23. The summed E-state index contributed by atoms with van der Waals surface area (Å²) in [5.74, 6) is 1.48. The molecule has 7 nitrogen and oxygen atoms in total. The van der Waals surface area contributed by atoms with Crippen molar-refractivity contribution in [3.8, 4) is 5.75 Å². The topological polar surface area (TPSA) is 72.6 Å². The van der Waals surface area contributed by atoms with Crippen molar-refractivity contribution in [3.05, 3.63) is 53.1 Å². The van der Waals surface area contributed by atoms with Gasteiger partial charge < -0.3 is 9.64 Å². The van der Waals surface area contributed by atoms with Gasteiger partial charge >= 0.3 is 0 Å². The van der Waals surface area contributed by atoms with Crippen LogP contribution in [-0.4, -0.2) is 44.0 Å². The highest BCUT2D eigenvalue weighted by atomic mass is 16.5. The maximum absolute atomic E-state index is 13.4. The molecule has 2 aromatic heterocycles. The number of likely N-dealkylation sites (tertiary alicyclic amines) is 1. The van der Waals surface area contributed by atoms with E-state index in [1.807, 2.05) is 43.0 Å². The summed E-state index contributed by atoms with van der Waals surface area (Å²) in [6.45, 7) is 4.55. The van der Waals surface area contributed by atoms with Gasteiger partial charge in [0.25, 0.3) is 11.7 Å². The number of carbonyl (C=O) groups is 1. The fraction of sp³-hybridized carbons (Fsp3) is 0.400. The van der Waals surface area contributed by atoms with E-state index >= 15 is 0 Å². The van der Waals surface area contributed by atoms with Gasteiger partial charge in [-0.3, -0.25) is 9.20 Å². The van der Waals surface area contributed by atoms with Crippen molar-refractivity contribution >= 4 is 11.7 Å². The Morgan fingerprint density at radius 3 is 2.85 bits per heavy atom. The van der Waals surface area contributed by atoms with Crippen LogP contribution in [0.25, 0.3) is 5.78 Å². The van der Waals surface area contributed by atoms with Crippen LogP contribution in [0.1, 0.15) is 52.9 Å². The smallest absolute Gasteiger partial charge is 0.292 e. The number of aryl methyl sites for hydroxylation is 2. The van der Waals surface area contributed by atoms with E-state index in [1.54, 1.807) is 11.5 Å². The maximum atomic E-state index is 13.4. The quantitative estimate of drug-likeness (QED) is 0.713. The Hall–Kier alpha value is -2.96. The molecule has 1 amide bonds. The van der Waals surface area contributed by atoms with Crippen molar-refractivity contribution in [1.29, 1.82) is 0 Å². The van der Waals surface area contributed by atoms with Gasteiger partial charge in [-0.15, -0.1) is 10.2 Å². The molecule has 3 heterocycles. The van der Waals surface area contributed by atoms with Crippen molar-refractivity contribution in [3.63, 3.8) is 0 Å². The normalized spacial score (nSPS) is 17.3. The van der Waals surface area contributed by atoms with Gasteiger partial charge in [0, 0.05) is 17.9 Å². The van der Waals surface area contributed by atoms with Crippen LogP contribution in [-0.2, 0) is 0 Å².